The third kappa shape index (κ3) is 2.69. The zero-order valence-electron chi connectivity index (χ0n) is 11.7. The summed E-state index contributed by atoms with van der Waals surface area (Å²) in [7, 11) is 1.51. The summed E-state index contributed by atoms with van der Waals surface area (Å²) in [5, 5.41) is 0.358. The van der Waals surface area contributed by atoms with E-state index in [9.17, 15) is 4.79 Å². The highest BCUT2D eigenvalue weighted by molar-refractivity contribution is 6.33. The Labute approximate surface area is 123 Å². The normalized spacial score (nSPS) is 22.1. The van der Waals surface area contributed by atoms with Crippen LogP contribution in [0, 0.1) is 5.92 Å². The van der Waals surface area contributed by atoms with Crippen LogP contribution in [0.1, 0.15) is 23.7 Å². The zero-order valence-corrected chi connectivity index (χ0v) is 12.5. The molecule has 20 heavy (non-hydrogen) atoms. The van der Waals surface area contributed by atoms with Crippen molar-refractivity contribution in [1.29, 1.82) is 0 Å². The Hall–Kier alpha value is -1.46. The van der Waals surface area contributed by atoms with Crippen molar-refractivity contribution in [3.05, 3.63) is 22.7 Å². The number of benzene rings is 1. The Balaban J connectivity index is 2.32. The molecule has 1 heterocycles. The minimum absolute atomic E-state index is 0.0906. The van der Waals surface area contributed by atoms with E-state index in [0.717, 1.165) is 6.42 Å². The zero-order chi connectivity index (χ0) is 14.9. The van der Waals surface area contributed by atoms with Crippen molar-refractivity contribution >= 4 is 23.2 Å². The summed E-state index contributed by atoms with van der Waals surface area (Å²) in [5.74, 6) is 0.705. The number of rotatable bonds is 3. The molecular weight excluding hydrogens is 278 g/mol. The van der Waals surface area contributed by atoms with Crippen molar-refractivity contribution < 1.29 is 9.53 Å². The number of ether oxygens (including phenoxy) is 1. The molecule has 0 aromatic heterocycles. The first-order valence-electron chi connectivity index (χ1n) is 6.62. The Morgan fingerprint density at radius 3 is 2.80 bits per heavy atom. The molecule has 5 nitrogen and oxygen atoms in total. The van der Waals surface area contributed by atoms with E-state index in [1.807, 2.05) is 11.8 Å². The van der Waals surface area contributed by atoms with Gasteiger partial charge >= 0.3 is 0 Å². The third-order valence-corrected chi connectivity index (χ3v) is 4.13. The number of nitrogens with two attached hydrogens (primary N) is 2. The second-order valence-corrected chi connectivity index (χ2v) is 5.63. The average molecular weight is 298 g/mol. The molecule has 2 rings (SSSR count). The molecule has 6 heteroatoms. The van der Waals surface area contributed by atoms with Crippen LogP contribution in [0.4, 0.5) is 5.69 Å². The van der Waals surface area contributed by atoms with Crippen LogP contribution in [0.5, 0.6) is 5.75 Å². The Bertz CT molecular complexity index is 521. The highest BCUT2D eigenvalue weighted by Gasteiger charge is 2.33. The molecule has 2 atom stereocenters. The van der Waals surface area contributed by atoms with Gasteiger partial charge < -0.3 is 21.1 Å². The van der Waals surface area contributed by atoms with Gasteiger partial charge in [0.1, 0.15) is 5.75 Å². The van der Waals surface area contributed by atoms with Gasteiger partial charge in [0.15, 0.2) is 0 Å². The summed E-state index contributed by atoms with van der Waals surface area (Å²) in [5.41, 5.74) is 12.3. The molecule has 0 bridgehead atoms. The van der Waals surface area contributed by atoms with Gasteiger partial charge in [-0.1, -0.05) is 11.6 Å². The number of anilines is 1. The smallest absolute Gasteiger partial charge is 0.257 e. The Morgan fingerprint density at radius 1 is 1.55 bits per heavy atom. The molecule has 4 N–H and O–H groups in total. The second kappa shape index (κ2) is 5.89. The molecule has 1 aliphatic rings. The molecule has 1 saturated heterocycles. The molecule has 1 aliphatic heterocycles. The fourth-order valence-electron chi connectivity index (χ4n) is 2.66. The molecule has 0 saturated carbocycles. The van der Waals surface area contributed by atoms with E-state index in [1.165, 1.54) is 7.11 Å². The maximum Gasteiger partial charge on any atom is 0.257 e. The molecule has 1 aromatic carbocycles. The number of methoxy groups -OCH3 is 1. The summed E-state index contributed by atoms with van der Waals surface area (Å²) >= 11 is 6.01. The fraction of sp³-hybridized carbons (Fsp3) is 0.500. The second-order valence-electron chi connectivity index (χ2n) is 5.22. The van der Waals surface area contributed by atoms with Crippen molar-refractivity contribution in [2.75, 3.05) is 25.9 Å². The van der Waals surface area contributed by atoms with Crippen LogP contribution in [0.15, 0.2) is 12.1 Å². The van der Waals surface area contributed by atoms with Gasteiger partial charge in [-0.3, -0.25) is 4.79 Å². The van der Waals surface area contributed by atoms with Gasteiger partial charge in [0.2, 0.25) is 0 Å². The monoisotopic (exact) mass is 297 g/mol. The number of halogens is 1. The molecule has 2 unspecified atom stereocenters. The molecule has 110 valence electrons. The predicted molar refractivity (Wildman–Crippen MR) is 80.1 cm³/mol. The summed E-state index contributed by atoms with van der Waals surface area (Å²) < 4.78 is 5.24. The first-order chi connectivity index (χ1) is 9.47. The van der Waals surface area contributed by atoms with E-state index >= 15 is 0 Å². The van der Waals surface area contributed by atoms with Gasteiger partial charge in [-0.15, -0.1) is 0 Å². The number of nitrogens with zero attached hydrogens (tertiary/aromatic N) is 1. The maximum atomic E-state index is 12.7. The maximum absolute atomic E-state index is 12.7. The summed E-state index contributed by atoms with van der Waals surface area (Å²) in [6.07, 6.45) is 0.924. The SMILES string of the molecule is COc1cc(N)c(Cl)cc1C(=O)N1CC(CN)CC1C. The highest BCUT2D eigenvalue weighted by atomic mass is 35.5. The van der Waals surface area contributed by atoms with Crippen LogP contribution in [0.25, 0.3) is 0 Å². The van der Waals surface area contributed by atoms with Gasteiger partial charge in [0.25, 0.3) is 5.91 Å². The molecular formula is C14H20ClN3O2. The lowest BCUT2D eigenvalue weighted by molar-refractivity contribution is 0.0740. The van der Waals surface area contributed by atoms with Crippen LogP contribution >= 0.6 is 11.6 Å². The number of carbonyl (C=O) groups excluding carboxylic acids is 1. The van der Waals surface area contributed by atoms with Gasteiger partial charge in [-0.25, -0.2) is 0 Å². The first kappa shape index (κ1) is 14.9. The first-order valence-corrected chi connectivity index (χ1v) is 6.99. The number of nitrogen functional groups attached to an aromatic ring is 1. The molecule has 0 radical (unpaired) electrons. The highest BCUT2D eigenvalue weighted by Crippen LogP contribution is 2.32. The van der Waals surface area contributed by atoms with E-state index in [1.54, 1.807) is 12.1 Å². The number of carbonyl (C=O) groups is 1. The van der Waals surface area contributed by atoms with Gasteiger partial charge in [0.05, 0.1) is 23.4 Å². The summed E-state index contributed by atoms with van der Waals surface area (Å²) in [6.45, 7) is 3.29. The number of hydrogen-bond acceptors (Lipinski definition) is 4. The van der Waals surface area contributed by atoms with Gasteiger partial charge in [-0.2, -0.15) is 0 Å². The molecule has 0 spiro atoms. The number of likely N-dealkylation sites (tertiary alicyclic amines) is 1. The minimum atomic E-state index is -0.0906. The van der Waals surface area contributed by atoms with Gasteiger partial charge in [-0.05, 0) is 31.9 Å². The van der Waals surface area contributed by atoms with Crippen molar-refractivity contribution in [3.63, 3.8) is 0 Å². The fourth-order valence-corrected chi connectivity index (χ4v) is 2.82. The van der Waals surface area contributed by atoms with Crippen LogP contribution in [-0.2, 0) is 0 Å². The molecule has 1 amide bonds. The minimum Gasteiger partial charge on any atom is -0.496 e. The quantitative estimate of drug-likeness (QED) is 0.833. The largest absolute Gasteiger partial charge is 0.496 e. The molecule has 1 fully saturated rings. The van der Waals surface area contributed by atoms with Crippen molar-refractivity contribution in [3.8, 4) is 5.75 Å². The van der Waals surface area contributed by atoms with Crippen LogP contribution in [0.3, 0.4) is 0 Å². The number of hydrogen-bond donors (Lipinski definition) is 2. The van der Waals surface area contributed by atoms with E-state index in [4.69, 9.17) is 27.8 Å². The standard InChI is InChI=1S/C14H20ClN3O2/c1-8-3-9(6-16)7-18(8)14(19)10-4-11(15)12(17)5-13(10)20-2/h4-5,8-9H,3,6-7,16-17H2,1-2H3. The van der Waals surface area contributed by atoms with Crippen LogP contribution < -0.4 is 16.2 Å². The number of amides is 1. The van der Waals surface area contributed by atoms with Gasteiger partial charge in [0, 0.05) is 18.7 Å². The van der Waals surface area contributed by atoms with Crippen molar-refractivity contribution in [1.82, 2.24) is 4.90 Å². The van der Waals surface area contributed by atoms with Crippen molar-refractivity contribution in [2.45, 2.75) is 19.4 Å². The lowest BCUT2D eigenvalue weighted by Gasteiger charge is -2.23. The average Bonchev–Trinajstić information content (AvgIpc) is 2.81. The Morgan fingerprint density at radius 2 is 2.25 bits per heavy atom. The van der Waals surface area contributed by atoms with E-state index in [2.05, 4.69) is 0 Å². The summed E-state index contributed by atoms with van der Waals surface area (Å²) in [6, 6.07) is 3.31. The predicted octanol–water partition coefficient (Wildman–Crippen LogP) is 1.74. The lowest BCUT2D eigenvalue weighted by atomic mass is 10.1. The topological polar surface area (TPSA) is 81.6 Å². The van der Waals surface area contributed by atoms with E-state index in [-0.39, 0.29) is 11.9 Å². The molecule has 0 aliphatic carbocycles. The Kier molecular flexibility index (Phi) is 4.40. The molecule has 1 aromatic rings. The van der Waals surface area contributed by atoms with Crippen LogP contribution in [0.2, 0.25) is 5.02 Å². The summed E-state index contributed by atoms with van der Waals surface area (Å²) in [4.78, 5) is 14.5. The van der Waals surface area contributed by atoms with Crippen LogP contribution in [-0.4, -0.2) is 37.0 Å². The van der Waals surface area contributed by atoms with Crippen molar-refractivity contribution in [2.24, 2.45) is 11.7 Å². The van der Waals surface area contributed by atoms with E-state index in [0.29, 0.717) is 41.0 Å². The third-order valence-electron chi connectivity index (χ3n) is 3.80. The van der Waals surface area contributed by atoms with E-state index < -0.39 is 0 Å². The lowest BCUT2D eigenvalue weighted by Crippen LogP contribution is -2.34.